The molecule has 1 aliphatic rings. The number of rotatable bonds is 0. The van der Waals surface area contributed by atoms with Gasteiger partial charge >= 0.3 is 0 Å². The summed E-state index contributed by atoms with van der Waals surface area (Å²) in [5.74, 6) is 0.620. The molecule has 0 bridgehead atoms. The highest BCUT2D eigenvalue weighted by atomic mass is 79.9. The van der Waals surface area contributed by atoms with Crippen LogP contribution in [-0.2, 0) is 16.7 Å². The van der Waals surface area contributed by atoms with Crippen molar-refractivity contribution in [3.63, 3.8) is 0 Å². The van der Waals surface area contributed by atoms with Crippen molar-refractivity contribution >= 4 is 32.6 Å². The fourth-order valence-electron chi connectivity index (χ4n) is 1.08. The van der Waals surface area contributed by atoms with Gasteiger partial charge in [0, 0.05) is 4.47 Å². The Kier molecular flexibility index (Phi) is 1.73. The van der Waals surface area contributed by atoms with Crippen molar-refractivity contribution < 1.29 is 4.21 Å². The molecule has 1 N–H and O–H groups in total. The predicted molar refractivity (Wildman–Crippen MR) is 49.6 cm³/mol. The fourth-order valence-corrected chi connectivity index (χ4v) is 2.53. The number of fused-ring (bicyclic) bond motifs is 1. The number of hydrogen-bond acceptors (Lipinski definition) is 1. The third-order valence-electron chi connectivity index (χ3n) is 1.58. The number of hydrogen-bond donors (Lipinski definition) is 1. The second-order valence-corrected chi connectivity index (χ2v) is 4.49. The fraction of sp³-hybridized carbons (Fsp3) is 0.143. The Labute approximate surface area is 75.7 Å². The lowest BCUT2D eigenvalue weighted by Crippen LogP contribution is -1.94. The van der Waals surface area contributed by atoms with Crippen molar-refractivity contribution in [2.24, 2.45) is 0 Å². The van der Waals surface area contributed by atoms with Crippen molar-refractivity contribution in [3.05, 3.63) is 28.2 Å². The van der Waals surface area contributed by atoms with Crippen LogP contribution >= 0.6 is 15.9 Å². The van der Waals surface area contributed by atoms with E-state index in [1.165, 1.54) is 0 Å². The topological polar surface area (TPSA) is 29.1 Å². The third-order valence-corrected chi connectivity index (χ3v) is 3.09. The zero-order valence-corrected chi connectivity index (χ0v) is 8.04. The van der Waals surface area contributed by atoms with Gasteiger partial charge in [0.15, 0.2) is 0 Å². The first-order valence-corrected chi connectivity index (χ1v) is 5.30. The Morgan fingerprint density at radius 1 is 1.55 bits per heavy atom. The van der Waals surface area contributed by atoms with Gasteiger partial charge in [0.05, 0.1) is 11.4 Å². The molecule has 1 unspecified atom stereocenters. The van der Waals surface area contributed by atoms with Gasteiger partial charge < -0.3 is 4.72 Å². The summed E-state index contributed by atoms with van der Waals surface area (Å²) in [6.45, 7) is 0. The minimum atomic E-state index is -0.898. The summed E-state index contributed by atoms with van der Waals surface area (Å²) < 4.78 is 14.9. The van der Waals surface area contributed by atoms with E-state index in [0.717, 1.165) is 15.7 Å². The van der Waals surface area contributed by atoms with E-state index in [1.807, 2.05) is 18.2 Å². The largest absolute Gasteiger partial charge is 0.305 e. The first kappa shape index (κ1) is 7.31. The van der Waals surface area contributed by atoms with E-state index in [9.17, 15) is 4.21 Å². The van der Waals surface area contributed by atoms with E-state index in [-0.39, 0.29) is 0 Å². The maximum absolute atomic E-state index is 11.0. The van der Waals surface area contributed by atoms with Gasteiger partial charge in [-0.25, -0.2) is 4.21 Å². The summed E-state index contributed by atoms with van der Waals surface area (Å²) >= 11 is 3.36. The smallest absolute Gasteiger partial charge is 0.121 e. The molecular formula is C7H6BrNOS. The lowest BCUT2D eigenvalue weighted by Gasteiger charge is -1.96. The molecule has 0 fully saturated rings. The molecule has 1 aromatic rings. The highest BCUT2D eigenvalue weighted by Crippen LogP contribution is 2.27. The molecule has 0 aromatic heterocycles. The molecule has 1 atom stereocenters. The number of nitrogens with one attached hydrogen (secondary N) is 1. The van der Waals surface area contributed by atoms with Gasteiger partial charge in [-0.05, 0) is 23.8 Å². The van der Waals surface area contributed by atoms with Crippen molar-refractivity contribution in [3.8, 4) is 0 Å². The molecule has 1 aliphatic heterocycles. The molecule has 0 saturated carbocycles. The summed E-state index contributed by atoms with van der Waals surface area (Å²) in [5.41, 5.74) is 2.12. The van der Waals surface area contributed by atoms with Crippen LogP contribution in [0.1, 0.15) is 5.56 Å². The van der Waals surface area contributed by atoms with Crippen LogP contribution in [0.15, 0.2) is 22.7 Å². The highest BCUT2D eigenvalue weighted by molar-refractivity contribution is 9.10. The van der Waals surface area contributed by atoms with Gasteiger partial charge in [-0.15, -0.1) is 0 Å². The zero-order valence-electron chi connectivity index (χ0n) is 5.63. The Morgan fingerprint density at radius 3 is 3.18 bits per heavy atom. The molecule has 0 saturated heterocycles. The minimum Gasteiger partial charge on any atom is -0.305 e. The average Bonchev–Trinajstić information content (AvgIpc) is 2.27. The molecule has 2 rings (SSSR count). The van der Waals surface area contributed by atoms with E-state index in [0.29, 0.717) is 5.75 Å². The molecule has 58 valence electrons. The summed E-state index contributed by atoms with van der Waals surface area (Å²) in [7, 11) is -0.898. The van der Waals surface area contributed by atoms with Crippen LogP contribution < -0.4 is 4.72 Å². The van der Waals surface area contributed by atoms with Gasteiger partial charge in [0.25, 0.3) is 0 Å². The SMILES string of the molecule is O=S1Cc2cc(Br)ccc2N1. The zero-order chi connectivity index (χ0) is 7.84. The summed E-state index contributed by atoms with van der Waals surface area (Å²) in [5, 5.41) is 0. The van der Waals surface area contributed by atoms with E-state index >= 15 is 0 Å². The molecule has 4 heteroatoms. The second kappa shape index (κ2) is 2.60. The molecular weight excluding hydrogens is 226 g/mol. The first-order valence-electron chi connectivity index (χ1n) is 3.19. The maximum atomic E-state index is 11.0. The summed E-state index contributed by atoms with van der Waals surface area (Å²) in [6, 6.07) is 5.87. The Morgan fingerprint density at radius 2 is 2.36 bits per heavy atom. The Bertz CT molecular complexity index is 326. The monoisotopic (exact) mass is 231 g/mol. The van der Waals surface area contributed by atoms with E-state index in [1.54, 1.807) is 0 Å². The molecule has 0 radical (unpaired) electrons. The normalized spacial score (nSPS) is 21.0. The van der Waals surface area contributed by atoms with Gasteiger partial charge in [-0.1, -0.05) is 15.9 Å². The van der Waals surface area contributed by atoms with Crippen LogP contribution in [0.5, 0.6) is 0 Å². The molecule has 0 aliphatic carbocycles. The quantitative estimate of drug-likeness (QED) is 0.728. The lowest BCUT2D eigenvalue weighted by atomic mass is 10.2. The Balaban J connectivity index is 2.51. The summed E-state index contributed by atoms with van der Waals surface area (Å²) in [4.78, 5) is 0. The second-order valence-electron chi connectivity index (χ2n) is 2.39. The molecule has 11 heavy (non-hydrogen) atoms. The molecule has 0 spiro atoms. The van der Waals surface area contributed by atoms with E-state index in [4.69, 9.17) is 0 Å². The van der Waals surface area contributed by atoms with Gasteiger partial charge in [-0.2, -0.15) is 0 Å². The predicted octanol–water partition coefficient (Wildman–Crippen LogP) is 2.04. The van der Waals surface area contributed by atoms with Gasteiger partial charge in [-0.3, -0.25) is 0 Å². The minimum absolute atomic E-state index is 0.620. The van der Waals surface area contributed by atoms with Crippen molar-refractivity contribution in [2.45, 2.75) is 5.75 Å². The average molecular weight is 232 g/mol. The lowest BCUT2D eigenvalue weighted by molar-refractivity contribution is 0.687. The standard InChI is InChI=1S/C7H6BrNOS/c8-6-1-2-7-5(3-6)4-11(10)9-7/h1-3,9H,4H2. The van der Waals surface area contributed by atoms with Crippen molar-refractivity contribution in [1.29, 1.82) is 0 Å². The highest BCUT2D eigenvalue weighted by Gasteiger charge is 2.15. The molecule has 1 aromatic carbocycles. The first-order chi connectivity index (χ1) is 5.25. The van der Waals surface area contributed by atoms with Crippen LogP contribution in [0.25, 0.3) is 0 Å². The number of benzene rings is 1. The van der Waals surface area contributed by atoms with E-state index in [2.05, 4.69) is 20.7 Å². The summed E-state index contributed by atoms with van der Waals surface area (Å²) in [6.07, 6.45) is 0. The number of halogens is 1. The Hall–Kier alpha value is -0.350. The van der Waals surface area contributed by atoms with Crippen LogP contribution in [0.4, 0.5) is 5.69 Å². The van der Waals surface area contributed by atoms with E-state index < -0.39 is 11.0 Å². The van der Waals surface area contributed by atoms with Crippen molar-refractivity contribution in [1.82, 2.24) is 0 Å². The third kappa shape index (κ3) is 1.32. The molecule has 0 amide bonds. The van der Waals surface area contributed by atoms with Gasteiger partial charge in [0.2, 0.25) is 0 Å². The number of anilines is 1. The van der Waals surface area contributed by atoms with Crippen LogP contribution in [0.3, 0.4) is 0 Å². The van der Waals surface area contributed by atoms with Gasteiger partial charge in [0.1, 0.15) is 11.0 Å². The van der Waals surface area contributed by atoms with Crippen LogP contribution in [0.2, 0.25) is 0 Å². The van der Waals surface area contributed by atoms with Crippen molar-refractivity contribution in [2.75, 3.05) is 4.72 Å². The molecule has 1 heterocycles. The van der Waals surface area contributed by atoms with Crippen LogP contribution in [0, 0.1) is 0 Å². The molecule has 2 nitrogen and oxygen atoms in total. The van der Waals surface area contributed by atoms with Crippen LogP contribution in [-0.4, -0.2) is 4.21 Å². The maximum Gasteiger partial charge on any atom is 0.121 e.